The molecule has 102 valence electrons. The lowest BCUT2D eigenvalue weighted by molar-refractivity contribution is 0.0990. The van der Waals surface area contributed by atoms with Gasteiger partial charge < -0.3 is 4.74 Å². The van der Waals surface area contributed by atoms with Crippen molar-refractivity contribution in [2.45, 2.75) is 12.8 Å². The maximum Gasteiger partial charge on any atom is 0.171 e. The van der Waals surface area contributed by atoms with Crippen LogP contribution in [-0.2, 0) is 12.8 Å². The molecule has 0 atom stereocenters. The average molecular weight is 352 g/mol. The van der Waals surface area contributed by atoms with Crippen molar-refractivity contribution in [3.63, 3.8) is 0 Å². The number of Topliss-reactive ketones (excluding diaryl/α,β-unsaturated/α-hetero) is 1. The van der Waals surface area contributed by atoms with Crippen molar-refractivity contribution in [2.24, 2.45) is 0 Å². The number of hydrogen-bond acceptors (Lipinski definition) is 2. The number of rotatable bonds is 3. The van der Waals surface area contributed by atoms with Gasteiger partial charge in [-0.2, -0.15) is 0 Å². The molecule has 0 saturated heterocycles. The van der Waals surface area contributed by atoms with Gasteiger partial charge in [-0.15, -0.1) is 0 Å². The molecule has 0 saturated carbocycles. The molecule has 0 amide bonds. The van der Waals surface area contributed by atoms with Crippen LogP contribution in [0.1, 0.15) is 21.5 Å². The topological polar surface area (TPSA) is 26.3 Å². The third-order valence-electron chi connectivity index (χ3n) is 3.36. The fourth-order valence-electron chi connectivity index (χ4n) is 2.39. The van der Waals surface area contributed by atoms with Gasteiger partial charge in [0.25, 0.3) is 0 Å². The van der Waals surface area contributed by atoms with Crippen LogP contribution in [0.4, 0.5) is 0 Å². The van der Waals surface area contributed by atoms with Crippen molar-refractivity contribution in [3.05, 3.63) is 62.6 Å². The molecular formula is C16H12BrClO2. The summed E-state index contributed by atoms with van der Waals surface area (Å²) in [5, 5.41) is 0.619. The van der Waals surface area contributed by atoms with Crippen LogP contribution in [0, 0.1) is 0 Å². The smallest absolute Gasteiger partial charge is 0.171 e. The van der Waals surface area contributed by atoms with Gasteiger partial charge in [0.2, 0.25) is 0 Å². The van der Waals surface area contributed by atoms with E-state index in [9.17, 15) is 4.79 Å². The average Bonchev–Trinajstić information content (AvgIpc) is 2.88. The minimum Gasteiger partial charge on any atom is -0.492 e. The molecule has 0 aromatic heterocycles. The molecule has 4 heteroatoms. The predicted octanol–water partition coefficient (Wildman–Crippen LogP) is 4.46. The normalized spacial score (nSPS) is 12.9. The lowest BCUT2D eigenvalue weighted by Crippen LogP contribution is -2.06. The second-order valence-corrected chi connectivity index (χ2v) is 6.05. The Bertz CT molecular complexity index is 682. The largest absolute Gasteiger partial charge is 0.492 e. The zero-order valence-electron chi connectivity index (χ0n) is 10.7. The molecule has 0 radical (unpaired) electrons. The van der Waals surface area contributed by atoms with Crippen LogP contribution in [0.25, 0.3) is 0 Å². The fraction of sp³-hybridized carbons (Fsp3) is 0.188. The number of ether oxygens (including phenoxy) is 1. The molecule has 0 N–H and O–H groups in total. The zero-order chi connectivity index (χ0) is 14.1. The first-order valence-electron chi connectivity index (χ1n) is 6.37. The van der Waals surface area contributed by atoms with Crippen LogP contribution < -0.4 is 4.74 Å². The van der Waals surface area contributed by atoms with E-state index in [0.29, 0.717) is 17.2 Å². The first-order chi connectivity index (χ1) is 9.65. The first kappa shape index (κ1) is 13.7. The van der Waals surface area contributed by atoms with E-state index in [0.717, 1.165) is 27.8 Å². The summed E-state index contributed by atoms with van der Waals surface area (Å²) in [6.07, 6.45) is 1.13. The zero-order valence-corrected chi connectivity index (χ0v) is 13.0. The van der Waals surface area contributed by atoms with Crippen LogP contribution in [0.3, 0.4) is 0 Å². The van der Waals surface area contributed by atoms with E-state index < -0.39 is 0 Å². The maximum absolute atomic E-state index is 12.5. The van der Waals surface area contributed by atoms with Gasteiger partial charge in [0.05, 0.1) is 12.2 Å². The fourth-order valence-corrected chi connectivity index (χ4v) is 3.09. The molecule has 2 aromatic rings. The summed E-state index contributed by atoms with van der Waals surface area (Å²) in [7, 11) is 0. The van der Waals surface area contributed by atoms with Crippen molar-refractivity contribution in [2.75, 3.05) is 6.61 Å². The quantitative estimate of drug-likeness (QED) is 0.763. The summed E-state index contributed by atoms with van der Waals surface area (Å²) in [4.78, 5) is 12.5. The van der Waals surface area contributed by atoms with Gasteiger partial charge in [0.1, 0.15) is 5.75 Å². The highest BCUT2D eigenvalue weighted by atomic mass is 79.9. The van der Waals surface area contributed by atoms with Gasteiger partial charge >= 0.3 is 0 Å². The van der Waals surface area contributed by atoms with Gasteiger partial charge in [-0.25, -0.2) is 0 Å². The molecule has 3 rings (SSSR count). The molecule has 1 aliphatic rings. The lowest BCUT2D eigenvalue weighted by atomic mass is 10.00. The van der Waals surface area contributed by atoms with Crippen molar-refractivity contribution in [1.82, 2.24) is 0 Å². The third-order valence-corrected chi connectivity index (χ3v) is 4.18. The summed E-state index contributed by atoms with van der Waals surface area (Å²) in [5.41, 5.74) is 2.56. The van der Waals surface area contributed by atoms with E-state index >= 15 is 0 Å². The van der Waals surface area contributed by atoms with Crippen molar-refractivity contribution in [3.8, 4) is 5.75 Å². The van der Waals surface area contributed by atoms with E-state index in [4.69, 9.17) is 16.3 Å². The Kier molecular flexibility index (Phi) is 3.81. The van der Waals surface area contributed by atoms with E-state index in [1.807, 2.05) is 30.3 Å². The third kappa shape index (κ3) is 2.60. The van der Waals surface area contributed by atoms with Crippen LogP contribution >= 0.6 is 27.5 Å². The molecule has 20 heavy (non-hydrogen) atoms. The predicted molar refractivity (Wildman–Crippen MR) is 82.8 cm³/mol. The Morgan fingerprint density at radius 1 is 1.30 bits per heavy atom. The second-order valence-electron chi connectivity index (χ2n) is 4.73. The highest BCUT2D eigenvalue weighted by molar-refractivity contribution is 9.10. The van der Waals surface area contributed by atoms with E-state index in [1.165, 1.54) is 0 Å². The number of benzene rings is 2. The van der Waals surface area contributed by atoms with Crippen molar-refractivity contribution < 1.29 is 9.53 Å². The minimum absolute atomic E-state index is 0.0255. The van der Waals surface area contributed by atoms with Gasteiger partial charge in [0, 0.05) is 22.3 Å². The summed E-state index contributed by atoms with van der Waals surface area (Å²) >= 11 is 9.56. The highest BCUT2D eigenvalue weighted by Gasteiger charge is 2.22. The number of carbonyl (C=O) groups excluding carboxylic acids is 1. The molecule has 0 aliphatic carbocycles. The van der Waals surface area contributed by atoms with Crippen LogP contribution in [0.2, 0.25) is 5.02 Å². The van der Waals surface area contributed by atoms with E-state index in [1.54, 1.807) is 6.07 Å². The standard InChI is InChI=1S/C16H12BrClO2/c17-12-7-11-5-6-20-16(11)13(9-12)15(19)8-10-3-1-2-4-14(10)18/h1-4,7,9H,5-6,8H2. The van der Waals surface area contributed by atoms with Crippen molar-refractivity contribution in [1.29, 1.82) is 0 Å². The molecule has 0 fully saturated rings. The highest BCUT2D eigenvalue weighted by Crippen LogP contribution is 2.34. The molecule has 0 spiro atoms. The molecule has 0 unspecified atom stereocenters. The second kappa shape index (κ2) is 5.58. The Balaban J connectivity index is 1.94. The lowest BCUT2D eigenvalue weighted by Gasteiger charge is -2.09. The Hall–Kier alpha value is -1.32. The minimum atomic E-state index is 0.0255. The maximum atomic E-state index is 12.5. The van der Waals surface area contributed by atoms with Crippen LogP contribution in [0.15, 0.2) is 40.9 Å². The Morgan fingerprint density at radius 3 is 2.90 bits per heavy atom. The summed E-state index contributed by atoms with van der Waals surface area (Å²) in [5.74, 6) is 0.753. The molecule has 2 aromatic carbocycles. The van der Waals surface area contributed by atoms with Gasteiger partial charge in [-0.1, -0.05) is 45.7 Å². The van der Waals surface area contributed by atoms with Crippen LogP contribution in [0.5, 0.6) is 5.75 Å². The first-order valence-corrected chi connectivity index (χ1v) is 7.54. The van der Waals surface area contributed by atoms with Crippen molar-refractivity contribution >= 4 is 33.3 Å². The van der Waals surface area contributed by atoms with Gasteiger partial charge in [0.15, 0.2) is 5.78 Å². The SMILES string of the molecule is O=C(Cc1ccccc1Cl)c1cc(Br)cc2c1OCC2. The Labute approximate surface area is 130 Å². The van der Waals surface area contributed by atoms with Gasteiger partial charge in [-0.05, 0) is 29.3 Å². The number of hydrogen-bond donors (Lipinski definition) is 0. The molecule has 0 bridgehead atoms. The summed E-state index contributed by atoms with van der Waals surface area (Å²) in [6.45, 7) is 0.637. The summed E-state index contributed by atoms with van der Waals surface area (Å²) in [6, 6.07) is 11.2. The molecular weight excluding hydrogens is 340 g/mol. The Morgan fingerprint density at radius 2 is 2.10 bits per heavy atom. The molecule has 1 heterocycles. The van der Waals surface area contributed by atoms with E-state index in [2.05, 4.69) is 15.9 Å². The van der Waals surface area contributed by atoms with Gasteiger partial charge in [-0.3, -0.25) is 4.79 Å². The monoisotopic (exact) mass is 350 g/mol. The molecule has 1 aliphatic heterocycles. The number of halogens is 2. The number of fused-ring (bicyclic) bond motifs is 1. The van der Waals surface area contributed by atoms with E-state index in [-0.39, 0.29) is 12.2 Å². The van der Waals surface area contributed by atoms with Crippen LogP contribution in [-0.4, -0.2) is 12.4 Å². The summed E-state index contributed by atoms with van der Waals surface area (Å²) < 4.78 is 6.51. The number of ketones is 1. The number of carbonyl (C=O) groups is 1. The molecule has 2 nitrogen and oxygen atoms in total.